The van der Waals surface area contributed by atoms with Crippen LogP contribution in [0.2, 0.25) is 0 Å². The normalized spacial score (nSPS) is 21.2. The number of anilines is 2. The number of aliphatic hydroxyl groups is 2. The van der Waals surface area contributed by atoms with Gasteiger partial charge < -0.3 is 59.6 Å². The molecule has 480 valence electrons. The number of benzene rings is 4. The summed E-state index contributed by atoms with van der Waals surface area (Å²) in [5.41, 5.74) is 8.42. The number of amides is 2. The molecule has 10 heterocycles. The molecule has 1 saturated carbocycles. The van der Waals surface area contributed by atoms with Gasteiger partial charge in [-0.3, -0.25) is 28.8 Å². The molecule has 0 radical (unpaired) electrons. The van der Waals surface area contributed by atoms with Gasteiger partial charge >= 0.3 is 6.01 Å². The van der Waals surface area contributed by atoms with Gasteiger partial charge in [0.05, 0.1) is 49.4 Å². The predicted molar refractivity (Wildman–Crippen MR) is 347 cm³/mol. The maximum Gasteiger partial charge on any atom is 0.319 e. The number of hydrogen-bond donors (Lipinski definition) is 6. The van der Waals surface area contributed by atoms with Gasteiger partial charge in [-0.15, -0.1) is 0 Å². The van der Waals surface area contributed by atoms with Crippen molar-refractivity contribution in [3.05, 3.63) is 112 Å². The largest absolute Gasteiger partial charge is 0.486 e. The molecule has 0 unspecified atom stereocenters. The van der Waals surface area contributed by atoms with Gasteiger partial charge in [-0.25, -0.2) is 4.39 Å². The number of H-pyrrole nitrogens is 2. The first-order valence-electron chi connectivity index (χ1n) is 32.6. The van der Waals surface area contributed by atoms with E-state index in [1.807, 2.05) is 61.9 Å². The van der Waals surface area contributed by atoms with Crippen LogP contribution in [0.3, 0.4) is 0 Å². The van der Waals surface area contributed by atoms with E-state index in [2.05, 4.69) is 64.8 Å². The van der Waals surface area contributed by atoms with Crippen molar-refractivity contribution in [1.82, 2.24) is 65.1 Å². The number of aryl methyl sites for hydroxylation is 1. The first-order chi connectivity index (χ1) is 44.7. The third-order valence-corrected chi connectivity index (χ3v) is 20.0. The average Bonchev–Trinajstić information content (AvgIpc) is 1.65. The topological polar surface area (TPSA) is 262 Å². The van der Waals surface area contributed by atoms with Crippen molar-refractivity contribution in [3.63, 3.8) is 0 Å². The fourth-order valence-electron chi connectivity index (χ4n) is 14.9. The predicted octanol–water partition coefficient (Wildman–Crippen LogP) is 7.02. The number of aliphatic hydroxyl groups excluding tert-OH is 2. The van der Waals surface area contributed by atoms with Crippen molar-refractivity contribution < 1.29 is 38.4 Å². The Balaban J connectivity index is 0.749. The first-order valence-corrected chi connectivity index (χ1v) is 32.6. The summed E-state index contributed by atoms with van der Waals surface area (Å²) < 4.78 is 39.4. The minimum Gasteiger partial charge on any atom is -0.486 e. The zero-order valence-electron chi connectivity index (χ0n) is 52.5. The van der Waals surface area contributed by atoms with E-state index in [0.29, 0.717) is 82.8 Å². The van der Waals surface area contributed by atoms with Crippen LogP contribution in [0.15, 0.2) is 78.0 Å². The number of carbonyl (C=O) groups is 2. The SMILES string of the molecule is CCn1nccc1-c1ccc([C@H](CO)NC(=O)[C@@H]2C[C@@H](O)CN2C(=O)[C@H](C(C)C)n2cc3c(n2)c(=O)[nH]c2cc(COc4c(-c5c(C)c(F)cc6[nH]ncc56)c(C5CC5)cc5c(N6C[C@@H]7C[C@H]6CN7)nc(OC6CCOCC6)nc45)ccc23)c(N2CCN(C)CC2)c1. The van der Waals surface area contributed by atoms with E-state index < -0.39 is 48.2 Å². The molecular formula is C68H78FN15O8. The van der Waals surface area contributed by atoms with Gasteiger partial charge in [0.1, 0.15) is 41.9 Å². The molecule has 6 atom stereocenters. The molecule has 4 aromatic carbocycles. The molecule has 2 bridgehead atoms. The summed E-state index contributed by atoms with van der Waals surface area (Å²) >= 11 is 0. The Morgan fingerprint density at radius 2 is 1.74 bits per heavy atom. The molecule has 1 aliphatic carbocycles. The first kappa shape index (κ1) is 59.7. The molecule has 5 saturated heterocycles. The van der Waals surface area contributed by atoms with Crippen LogP contribution in [-0.2, 0) is 27.5 Å². The number of piperazine rings is 2. The average molecular weight is 1250 g/mol. The number of fused-ring (bicyclic) bond motifs is 7. The Bertz CT molecular complexity index is 4390. The van der Waals surface area contributed by atoms with Gasteiger partial charge in [0.15, 0.2) is 11.3 Å². The highest BCUT2D eigenvalue weighted by atomic mass is 19.1. The number of nitrogens with one attached hydrogen (secondary N) is 4. The molecule has 6 fully saturated rings. The smallest absolute Gasteiger partial charge is 0.319 e. The third kappa shape index (κ3) is 10.8. The van der Waals surface area contributed by atoms with Gasteiger partial charge in [-0.05, 0) is 99.0 Å². The monoisotopic (exact) mass is 1250 g/mol. The standard InChI is InChI=1S/C68H78FN15O8/c1-6-83-55(13-16-72-83)40-10-12-46(56(24-40)80-19-17-79(5)18-20-80)54(34-85)74-65(87)57-26-43(86)32-82(57)67(89)62(36(2)3)84-33-50-45-11-7-38(23-52(45)73-66(88)61(50)78-84)35-91-63-59(58-37(4)51(69)28-53-49(58)30-71-77-53)47(39-8-9-39)27-48-60(63)75-68(92-44-14-21-90-22-15-44)76-64(48)81-31-41-25-42(81)29-70-41/h7,10-13,16,23-24,27-28,30,33,36,39,41-44,54,57,62,70,85-86H,6,8-9,14-15,17-22,25-26,29,31-32,34-35H2,1-5H3,(H,71,77)(H,73,88)(H,74,87)/t41-,42-,43+,54-,57-,62-/m0/s1. The summed E-state index contributed by atoms with van der Waals surface area (Å²) in [4.78, 5) is 66.0. The summed E-state index contributed by atoms with van der Waals surface area (Å²) in [5, 5.41) is 48.5. The molecule has 23 nitrogen and oxygen atoms in total. The maximum atomic E-state index is 16.3. The molecule has 24 heteroatoms. The summed E-state index contributed by atoms with van der Waals surface area (Å²) in [6.45, 7) is 13.7. The van der Waals surface area contributed by atoms with Crippen LogP contribution >= 0.6 is 0 Å². The lowest BCUT2D eigenvalue weighted by molar-refractivity contribution is -0.142. The number of β-amino-alcohol motifs (C(OH)–C–C–N with tert-alkyl or cyclic N) is 1. The lowest BCUT2D eigenvalue weighted by Crippen LogP contribution is -2.50. The Morgan fingerprint density at radius 3 is 2.49 bits per heavy atom. The van der Waals surface area contributed by atoms with Crippen LogP contribution in [0, 0.1) is 18.7 Å². The van der Waals surface area contributed by atoms with E-state index in [4.69, 9.17) is 29.3 Å². The number of carbonyl (C=O) groups excluding carboxylic acids is 2. The fourth-order valence-corrected chi connectivity index (χ4v) is 14.9. The van der Waals surface area contributed by atoms with Gasteiger partial charge in [0.2, 0.25) is 11.8 Å². The summed E-state index contributed by atoms with van der Waals surface area (Å²) in [7, 11) is 2.09. The number of halogens is 1. The Morgan fingerprint density at radius 1 is 0.913 bits per heavy atom. The number of ether oxygens (including phenoxy) is 3. The van der Waals surface area contributed by atoms with Gasteiger partial charge in [-0.2, -0.15) is 25.3 Å². The van der Waals surface area contributed by atoms with Gasteiger partial charge in [0, 0.05) is 151 Å². The lowest BCUT2D eigenvalue weighted by Gasteiger charge is -2.37. The molecule has 6 N–H and O–H groups in total. The van der Waals surface area contributed by atoms with Crippen LogP contribution in [0.25, 0.3) is 66.0 Å². The molecule has 5 aromatic heterocycles. The Kier molecular flexibility index (Phi) is 15.7. The van der Waals surface area contributed by atoms with Crippen LogP contribution in [0.5, 0.6) is 11.8 Å². The van der Waals surface area contributed by atoms with Crippen molar-refractivity contribution in [1.29, 1.82) is 0 Å². The number of aromatic nitrogens is 9. The number of pyridine rings is 1. The number of rotatable bonds is 18. The van der Waals surface area contributed by atoms with Crippen molar-refractivity contribution in [2.75, 3.05) is 82.5 Å². The number of likely N-dealkylation sites (tertiary alicyclic amines) is 1. The lowest BCUT2D eigenvalue weighted by atomic mass is 9.88. The number of aromatic amines is 2. The Hall–Kier alpha value is -8.55. The van der Waals surface area contributed by atoms with E-state index in [1.165, 1.54) is 15.6 Å². The van der Waals surface area contributed by atoms with Crippen molar-refractivity contribution >= 4 is 66.9 Å². The maximum absolute atomic E-state index is 16.3. The van der Waals surface area contributed by atoms with Crippen molar-refractivity contribution in [3.8, 4) is 34.1 Å². The van der Waals surface area contributed by atoms with Gasteiger partial charge in [0.25, 0.3) is 5.56 Å². The summed E-state index contributed by atoms with van der Waals surface area (Å²) in [5.74, 6) is -0.276. The Labute approximate surface area is 530 Å². The molecule has 0 spiro atoms. The molecule has 6 aliphatic rings. The molecule has 92 heavy (non-hydrogen) atoms. The zero-order valence-corrected chi connectivity index (χ0v) is 52.5. The quantitative estimate of drug-likeness (QED) is 0.0504. The number of nitrogens with zero attached hydrogens (tertiary/aromatic N) is 11. The molecule has 9 aromatic rings. The second-order valence-corrected chi connectivity index (χ2v) is 26.4. The molecule has 2 amide bonds. The minimum absolute atomic E-state index is 0.0103. The van der Waals surface area contributed by atoms with Crippen LogP contribution in [-0.4, -0.2) is 180 Å². The van der Waals surface area contributed by atoms with Crippen LogP contribution in [0.4, 0.5) is 15.9 Å². The zero-order chi connectivity index (χ0) is 63.2. The third-order valence-electron chi connectivity index (χ3n) is 20.0. The van der Waals surface area contributed by atoms with Crippen LogP contribution in [0.1, 0.15) is 99.6 Å². The molecule has 5 aliphatic heterocycles. The number of hydrogen-bond acceptors (Lipinski definition) is 17. The molecular weight excluding hydrogens is 1170 g/mol. The second-order valence-electron chi connectivity index (χ2n) is 26.4. The van der Waals surface area contributed by atoms with E-state index in [-0.39, 0.29) is 60.9 Å². The summed E-state index contributed by atoms with van der Waals surface area (Å²) in [6.07, 6.45) is 8.36. The molecule has 15 rings (SSSR count). The van der Waals surface area contributed by atoms with E-state index in [1.54, 1.807) is 25.5 Å². The highest BCUT2D eigenvalue weighted by Gasteiger charge is 2.45. The van der Waals surface area contributed by atoms with Crippen LogP contribution < -0.4 is 35.5 Å². The van der Waals surface area contributed by atoms with Crippen molar-refractivity contribution in [2.45, 2.75) is 128 Å². The van der Waals surface area contributed by atoms with E-state index in [9.17, 15) is 19.8 Å². The van der Waals surface area contributed by atoms with Crippen molar-refractivity contribution in [2.24, 2.45) is 5.92 Å². The number of likely N-dealkylation sites (N-methyl/N-ethyl adjacent to an activating group) is 1. The summed E-state index contributed by atoms with van der Waals surface area (Å²) in [6, 6.07) is 15.3. The fraction of sp³-hybridized carbons (Fsp3) is 0.471. The highest BCUT2D eigenvalue weighted by Crippen LogP contribution is 2.54. The highest BCUT2D eigenvalue weighted by molar-refractivity contribution is 6.07. The second kappa shape index (κ2) is 24.2. The van der Waals surface area contributed by atoms with E-state index in [0.717, 1.165) is 114 Å². The van der Waals surface area contributed by atoms with Gasteiger partial charge in [-0.1, -0.05) is 38.1 Å². The van der Waals surface area contributed by atoms with E-state index >= 15 is 9.18 Å². The minimum atomic E-state index is -1.07.